The highest BCUT2D eigenvalue weighted by molar-refractivity contribution is 5.72. The number of rotatable bonds is 3. The van der Waals surface area contributed by atoms with Crippen molar-refractivity contribution in [1.82, 2.24) is 0 Å². The standard InChI is InChI=1S/C12H20O10/c1-3-6(14)8(16)9(11(19)20-3)22-12-7(15)4(13)2-5(21-12)10(17)18/h3-9,11-16,19H,2H2,1H3,(H,17,18)/t3-,4-,5?,6-,7+,8+,9+,11?,12+/m0/s1. The maximum atomic E-state index is 10.9. The summed E-state index contributed by atoms with van der Waals surface area (Å²) in [5.41, 5.74) is 0. The van der Waals surface area contributed by atoms with E-state index in [0.717, 1.165) is 0 Å². The van der Waals surface area contributed by atoms with Crippen LogP contribution < -0.4 is 0 Å². The molecule has 0 amide bonds. The van der Waals surface area contributed by atoms with Crippen LogP contribution in [0.4, 0.5) is 0 Å². The lowest BCUT2D eigenvalue weighted by molar-refractivity contribution is -0.345. The zero-order chi connectivity index (χ0) is 16.6. The van der Waals surface area contributed by atoms with Crippen LogP contribution in [0.5, 0.6) is 0 Å². The van der Waals surface area contributed by atoms with Gasteiger partial charge in [-0.15, -0.1) is 0 Å². The molecule has 10 heteroatoms. The first-order chi connectivity index (χ1) is 10.2. The Kier molecular flexibility index (Phi) is 5.35. The summed E-state index contributed by atoms with van der Waals surface area (Å²) in [6.45, 7) is 1.43. The van der Waals surface area contributed by atoms with Crippen LogP contribution in [0.25, 0.3) is 0 Å². The number of aliphatic hydroxyl groups excluding tert-OH is 5. The second kappa shape index (κ2) is 6.72. The fraction of sp³-hybridized carbons (Fsp3) is 0.917. The molecule has 0 saturated carbocycles. The van der Waals surface area contributed by atoms with Crippen molar-refractivity contribution in [3.8, 4) is 0 Å². The van der Waals surface area contributed by atoms with E-state index in [4.69, 9.17) is 19.3 Å². The summed E-state index contributed by atoms with van der Waals surface area (Å²) in [6, 6.07) is 0. The molecule has 0 aromatic heterocycles. The summed E-state index contributed by atoms with van der Waals surface area (Å²) >= 11 is 0. The molecule has 0 radical (unpaired) electrons. The van der Waals surface area contributed by atoms with Gasteiger partial charge < -0.3 is 44.8 Å². The quantitative estimate of drug-likeness (QED) is 0.310. The van der Waals surface area contributed by atoms with E-state index in [0.29, 0.717) is 0 Å². The largest absolute Gasteiger partial charge is 0.479 e. The molecule has 2 aliphatic rings. The highest BCUT2D eigenvalue weighted by atomic mass is 16.7. The van der Waals surface area contributed by atoms with Crippen LogP contribution in [0.2, 0.25) is 0 Å². The van der Waals surface area contributed by atoms with Crippen molar-refractivity contribution in [3.63, 3.8) is 0 Å². The summed E-state index contributed by atoms with van der Waals surface area (Å²) in [5.74, 6) is -1.35. The highest BCUT2D eigenvalue weighted by Crippen LogP contribution is 2.28. The first-order valence-electron chi connectivity index (χ1n) is 6.82. The third-order valence-electron chi connectivity index (χ3n) is 3.80. The van der Waals surface area contributed by atoms with Gasteiger partial charge in [-0.3, -0.25) is 0 Å². The molecule has 0 aromatic rings. The van der Waals surface area contributed by atoms with Gasteiger partial charge in [-0.25, -0.2) is 4.79 Å². The van der Waals surface area contributed by atoms with Gasteiger partial charge in [0.1, 0.15) is 24.4 Å². The second-order valence-corrected chi connectivity index (χ2v) is 5.44. The molecule has 0 aromatic carbocycles. The Morgan fingerprint density at radius 2 is 1.68 bits per heavy atom. The minimum Gasteiger partial charge on any atom is -0.479 e. The van der Waals surface area contributed by atoms with Crippen LogP contribution in [0.15, 0.2) is 0 Å². The summed E-state index contributed by atoms with van der Waals surface area (Å²) in [6.07, 6.45) is -13.2. The van der Waals surface area contributed by atoms with Crippen LogP contribution in [-0.2, 0) is 19.0 Å². The van der Waals surface area contributed by atoms with Crippen LogP contribution in [0, 0.1) is 0 Å². The van der Waals surface area contributed by atoms with Crippen molar-refractivity contribution in [1.29, 1.82) is 0 Å². The predicted molar refractivity (Wildman–Crippen MR) is 66.4 cm³/mol. The molecule has 0 aliphatic carbocycles. The fourth-order valence-electron chi connectivity index (χ4n) is 2.43. The van der Waals surface area contributed by atoms with Gasteiger partial charge in [-0.2, -0.15) is 0 Å². The molecule has 2 heterocycles. The number of carboxylic acids is 1. The van der Waals surface area contributed by atoms with Gasteiger partial charge in [0.15, 0.2) is 18.7 Å². The molecule has 128 valence electrons. The fourth-order valence-corrected chi connectivity index (χ4v) is 2.43. The zero-order valence-electron chi connectivity index (χ0n) is 11.7. The monoisotopic (exact) mass is 324 g/mol. The van der Waals surface area contributed by atoms with Crippen LogP contribution >= 0.6 is 0 Å². The third-order valence-corrected chi connectivity index (χ3v) is 3.80. The van der Waals surface area contributed by atoms with Crippen molar-refractivity contribution in [2.45, 2.75) is 68.7 Å². The average molecular weight is 324 g/mol. The molecule has 6 N–H and O–H groups in total. The average Bonchev–Trinajstić information content (AvgIpc) is 2.45. The minimum absolute atomic E-state index is 0.331. The van der Waals surface area contributed by atoms with Gasteiger partial charge in [0.2, 0.25) is 0 Å². The van der Waals surface area contributed by atoms with Crippen LogP contribution in [0.1, 0.15) is 13.3 Å². The van der Waals surface area contributed by atoms with Crippen LogP contribution in [-0.4, -0.2) is 91.9 Å². The number of aliphatic carboxylic acids is 1. The number of aliphatic hydroxyl groups is 5. The summed E-state index contributed by atoms with van der Waals surface area (Å²) < 4.78 is 15.1. The Morgan fingerprint density at radius 1 is 1.05 bits per heavy atom. The molecule has 22 heavy (non-hydrogen) atoms. The Morgan fingerprint density at radius 3 is 2.27 bits per heavy atom. The maximum absolute atomic E-state index is 10.9. The van der Waals surface area contributed by atoms with Gasteiger partial charge >= 0.3 is 5.97 Å². The lowest BCUT2D eigenvalue weighted by atomic mass is 9.99. The van der Waals surface area contributed by atoms with Gasteiger partial charge in [0.25, 0.3) is 0 Å². The molecule has 0 spiro atoms. The van der Waals surface area contributed by atoms with Gasteiger partial charge in [-0.05, 0) is 6.92 Å². The Hall–Kier alpha value is -0.850. The summed E-state index contributed by atoms with van der Waals surface area (Å²) in [7, 11) is 0. The molecule has 9 atom stereocenters. The number of carbonyl (C=O) groups is 1. The molecule has 2 saturated heterocycles. The van der Waals surface area contributed by atoms with Crippen molar-refractivity contribution >= 4 is 5.97 Å². The number of ether oxygens (including phenoxy) is 3. The Labute approximate surface area is 125 Å². The SMILES string of the molecule is C[C@@H]1OC(O)[C@H](O[C@H]2OC(C(=O)O)C[C@H](O)[C@H]2O)[C@H](O)[C@H]1O. The molecular weight excluding hydrogens is 304 g/mol. The Bertz CT molecular complexity index is 403. The van der Waals surface area contributed by atoms with Crippen molar-refractivity contribution < 1.29 is 49.6 Å². The number of carboxylic acid groups (broad SMARTS) is 1. The molecule has 2 rings (SSSR count). The van der Waals surface area contributed by atoms with Gasteiger partial charge in [0.05, 0.1) is 12.2 Å². The lowest BCUT2D eigenvalue weighted by Crippen LogP contribution is -2.61. The highest BCUT2D eigenvalue weighted by Gasteiger charge is 2.47. The predicted octanol–water partition coefficient (Wildman–Crippen LogP) is -3.25. The van der Waals surface area contributed by atoms with E-state index < -0.39 is 61.3 Å². The first kappa shape index (κ1) is 17.5. The van der Waals surface area contributed by atoms with Crippen molar-refractivity contribution in [2.24, 2.45) is 0 Å². The Balaban J connectivity index is 2.08. The number of hydrogen-bond acceptors (Lipinski definition) is 9. The molecule has 2 aliphatic heterocycles. The molecule has 2 unspecified atom stereocenters. The first-order valence-corrected chi connectivity index (χ1v) is 6.82. The topological polar surface area (TPSA) is 166 Å². The van der Waals surface area contributed by atoms with E-state index >= 15 is 0 Å². The van der Waals surface area contributed by atoms with Crippen LogP contribution in [0.3, 0.4) is 0 Å². The summed E-state index contributed by atoms with van der Waals surface area (Å²) in [4.78, 5) is 10.9. The lowest BCUT2D eigenvalue weighted by Gasteiger charge is -2.43. The maximum Gasteiger partial charge on any atom is 0.333 e. The van der Waals surface area contributed by atoms with E-state index in [9.17, 15) is 30.3 Å². The van der Waals surface area contributed by atoms with Crippen molar-refractivity contribution in [3.05, 3.63) is 0 Å². The van der Waals surface area contributed by atoms with Crippen molar-refractivity contribution in [2.75, 3.05) is 0 Å². The number of hydrogen-bond donors (Lipinski definition) is 6. The second-order valence-electron chi connectivity index (χ2n) is 5.44. The van der Waals surface area contributed by atoms with Gasteiger partial charge in [0, 0.05) is 6.42 Å². The smallest absolute Gasteiger partial charge is 0.333 e. The minimum atomic E-state index is -1.62. The van der Waals surface area contributed by atoms with E-state index in [-0.39, 0.29) is 6.42 Å². The molecular formula is C12H20O10. The molecule has 2 fully saturated rings. The van der Waals surface area contributed by atoms with Gasteiger partial charge in [-0.1, -0.05) is 0 Å². The van der Waals surface area contributed by atoms with E-state index in [1.165, 1.54) is 6.92 Å². The van der Waals surface area contributed by atoms with E-state index in [1.807, 2.05) is 0 Å². The van der Waals surface area contributed by atoms with E-state index in [2.05, 4.69) is 0 Å². The molecule has 0 bridgehead atoms. The normalized spacial score (nSPS) is 49.8. The summed E-state index contributed by atoms with van der Waals surface area (Å²) in [5, 5.41) is 57.7. The third kappa shape index (κ3) is 3.39. The zero-order valence-corrected chi connectivity index (χ0v) is 11.7. The molecule has 10 nitrogen and oxygen atoms in total. The van der Waals surface area contributed by atoms with E-state index in [1.54, 1.807) is 0 Å².